The first-order valence-corrected chi connectivity index (χ1v) is 6.20. The van der Waals surface area contributed by atoms with Crippen LogP contribution < -0.4 is 11.3 Å². The van der Waals surface area contributed by atoms with Crippen molar-refractivity contribution in [2.75, 3.05) is 6.54 Å². The Morgan fingerprint density at radius 1 is 1.50 bits per heavy atom. The van der Waals surface area contributed by atoms with Crippen LogP contribution in [0.4, 0.5) is 0 Å². The van der Waals surface area contributed by atoms with Gasteiger partial charge in [-0.15, -0.1) is 0 Å². The summed E-state index contributed by atoms with van der Waals surface area (Å²) in [4.78, 5) is 13.7. The van der Waals surface area contributed by atoms with Crippen molar-refractivity contribution in [2.45, 2.75) is 52.6 Å². The lowest BCUT2D eigenvalue weighted by Gasteiger charge is -2.44. The molecular formula is C12H25N3O. The lowest BCUT2D eigenvalue weighted by atomic mass is 9.85. The number of carbonyl (C=O) groups is 1. The monoisotopic (exact) mass is 227 g/mol. The van der Waals surface area contributed by atoms with Crippen molar-refractivity contribution >= 4 is 5.91 Å². The first kappa shape index (κ1) is 13.5. The van der Waals surface area contributed by atoms with Gasteiger partial charge in [-0.1, -0.05) is 13.8 Å². The zero-order valence-corrected chi connectivity index (χ0v) is 10.9. The summed E-state index contributed by atoms with van der Waals surface area (Å²) in [5.41, 5.74) is 2.21. The smallest absolute Gasteiger partial charge is 0.235 e. The van der Waals surface area contributed by atoms with Crippen LogP contribution in [0.25, 0.3) is 0 Å². The predicted molar refractivity (Wildman–Crippen MR) is 65.5 cm³/mol. The van der Waals surface area contributed by atoms with Crippen LogP contribution >= 0.6 is 0 Å². The van der Waals surface area contributed by atoms with Gasteiger partial charge in [-0.3, -0.25) is 15.1 Å². The summed E-state index contributed by atoms with van der Waals surface area (Å²) in [7, 11) is 0. The molecule has 0 spiro atoms. The molecule has 4 unspecified atom stereocenters. The second-order valence-electron chi connectivity index (χ2n) is 5.38. The molecule has 4 nitrogen and oxygen atoms in total. The van der Waals surface area contributed by atoms with Gasteiger partial charge in [-0.2, -0.15) is 0 Å². The molecule has 3 N–H and O–H groups in total. The van der Waals surface area contributed by atoms with Gasteiger partial charge >= 0.3 is 0 Å². The number of hydrazine groups is 1. The average Bonchev–Trinajstić information content (AvgIpc) is 2.22. The number of nitrogens with zero attached hydrogens (tertiary/aromatic N) is 1. The van der Waals surface area contributed by atoms with Crippen LogP contribution in [0.2, 0.25) is 0 Å². The first-order chi connectivity index (χ1) is 7.45. The van der Waals surface area contributed by atoms with Gasteiger partial charge in [0, 0.05) is 25.0 Å². The average molecular weight is 227 g/mol. The van der Waals surface area contributed by atoms with Crippen molar-refractivity contribution < 1.29 is 4.79 Å². The van der Waals surface area contributed by atoms with Crippen LogP contribution in [0.1, 0.15) is 40.5 Å². The number of nitrogens with one attached hydrogen (secondary N) is 1. The molecule has 0 saturated carbocycles. The van der Waals surface area contributed by atoms with Gasteiger partial charge in [0.25, 0.3) is 0 Å². The SMILES string of the molecule is CC1CC(C)C(C)N(C(C)CC(=O)NN)C1. The molecule has 16 heavy (non-hydrogen) atoms. The second-order valence-corrected chi connectivity index (χ2v) is 5.38. The molecule has 1 rings (SSSR count). The van der Waals surface area contributed by atoms with E-state index in [4.69, 9.17) is 5.84 Å². The molecule has 4 atom stereocenters. The van der Waals surface area contributed by atoms with Crippen molar-refractivity contribution in [1.82, 2.24) is 10.3 Å². The minimum absolute atomic E-state index is 0.0782. The Balaban J connectivity index is 2.59. The van der Waals surface area contributed by atoms with Gasteiger partial charge in [-0.05, 0) is 32.1 Å². The Hall–Kier alpha value is -0.610. The van der Waals surface area contributed by atoms with Crippen LogP contribution in [0.15, 0.2) is 0 Å². The minimum Gasteiger partial charge on any atom is -0.297 e. The van der Waals surface area contributed by atoms with Gasteiger partial charge in [0.15, 0.2) is 0 Å². The molecule has 1 saturated heterocycles. The van der Waals surface area contributed by atoms with Crippen LogP contribution in [0.3, 0.4) is 0 Å². The molecule has 0 aliphatic carbocycles. The molecule has 94 valence electrons. The lowest BCUT2D eigenvalue weighted by Crippen LogP contribution is -2.51. The van der Waals surface area contributed by atoms with Gasteiger partial charge in [-0.25, -0.2) is 5.84 Å². The van der Waals surface area contributed by atoms with E-state index in [1.54, 1.807) is 0 Å². The molecule has 0 aromatic rings. The largest absolute Gasteiger partial charge is 0.297 e. The van der Waals surface area contributed by atoms with E-state index >= 15 is 0 Å². The summed E-state index contributed by atoms with van der Waals surface area (Å²) in [6, 6.07) is 0.820. The van der Waals surface area contributed by atoms with Crippen LogP contribution in [0.5, 0.6) is 0 Å². The van der Waals surface area contributed by atoms with E-state index in [0.29, 0.717) is 18.4 Å². The van der Waals surface area contributed by atoms with E-state index in [1.807, 2.05) is 0 Å². The Morgan fingerprint density at radius 3 is 2.69 bits per heavy atom. The van der Waals surface area contributed by atoms with Crippen LogP contribution in [-0.2, 0) is 4.79 Å². The highest BCUT2D eigenvalue weighted by atomic mass is 16.2. The summed E-state index contributed by atoms with van der Waals surface area (Å²) >= 11 is 0. The summed E-state index contributed by atoms with van der Waals surface area (Å²) < 4.78 is 0. The number of hydrogen-bond acceptors (Lipinski definition) is 3. The van der Waals surface area contributed by atoms with Crippen LogP contribution in [-0.4, -0.2) is 29.4 Å². The van der Waals surface area contributed by atoms with E-state index in [2.05, 4.69) is 38.0 Å². The normalized spacial score (nSPS) is 33.4. The molecular weight excluding hydrogens is 202 g/mol. The predicted octanol–water partition coefficient (Wildman–Crippen LogP) is 1.12. The molecule has 0 radical (unpaired) electrons. The third kappa shape index (κ3) is 3.19. The zero-order chi connectivity index (χ0) is 12.3. The Morgan fingerprint density at radius 2 is 2.12 bits per heavy atom. The fraction of sp³-hybridized carbons (Fsp3) is 0.917. The fourth-order valence-corrected chi connectivity index (χ4v) is 2.79. The third-order valence-corrected chi connectivity index (χ3v) is 3.85. The highest BCUT2D eigenvalue weighted by Gasteiger charge is 2.32. The minimum atomic E-state index is -0.0782. The van der Waals surface area contributed by atoms with E-state index in [0.717, 1.165) is 12.5 Å². The van der Waals surface area contributed by atoms with E-state index < -0.39 is 0 Å². The number of carbonyl (C=O) groups excluding carboxylic acids is 1. The Kier molecular flexibility index (Phi) is 4.74. The van der Waals surface area contributed by atoms with Crippen molar-refractivity contribution in [3.8, 4) is 0 Å². The molecule has 1 aliphatic rings. The molecule has 0 bridgehead atoms. The van der Waals surface area contributed by atoms with E-state index in [1.165, 1.54) is 6.42 Å². The maximum Gasteiger partial charge on any atom is 0.235 e. The molecule has 0 aromatic heterocycles. The van der Waals surface area contributed by atoms with E-state index in [9.17, 15) is 4.79 Å². The highest BCUT2D eigenvalue weighted by Crippen LogP contribution is 2.28. The maximum atomic E-state index is 11.3. The maximum absolute atomic E-state index is 11.3. The second kappa shape index (κ2) is 5.64. The van der Waals surface area contributed by atoms with Gasteiger partial charge < -0.3 is 0 Å². The number of hydrogen-bond donors (Lipinski definition) is 2. The highest BCUT2D eigenvalue weighted by molar-refractivity contribution is 5.75. The Bertz CT molecular complexity index is 244. The molecule has 4 heteroatoms. The molecule has 1 aliphatic heterocycles. The summed E-state index contributed by atoms with van der Waals surface area (Å²) in [6.45, 7) is 10.0. The van der Waals surface area contributed by atoms with E-state index in [-0.39, 0.29) is 11.9 Å². The molecule has 1 amide bonds. The van der Waals surface area contributed by atoms with Gasteiger partial charge in [0.05, 0.1) is 0 Å². The number of amides is 1. The first-order valence-electron chi connectivity index (χ1n) is 6.20. The number of rotatable bonds is 3. The molecule has 0 aromatic carbocycles. The van der Waals surface area contributed by atoms with Crippen molar-refractivity contribution in [1.29, 1.82) is 0 Å². The molecule has 1 heterocycles. The van der Waals surface area contributed by atoms with Gasteiger partial charge in [0.2, 0.25) is 5.91 Å². The summed E-state index contributed by atoms with van der Waals surface area (Å²) in [6.07, 6.45) is 1.77. The fourth-order valence-electron chi connectivity index (χ4n) is 2.79. The zero-order valence-electron chi connectivity index (χ0n) is 10.9. The van der Waals surface area contributed by atoms with Crippen molar-refractivity contribution in [3.63, 3.8) is 0 Å². The lowest BCUT2D eigenvalue weighted by molar-refractivity contribution is -0.122. The quantitative estimate of drug-likeness (QED) is 0.431. The standard InChI is InChI=1S/C12H25N3O/c1-8-5-9(2)11(4)15(7-8)10(3)6-12(16)14-13/h8-11H,5-7,13H2,1-4H3,(H,14,16). The van der Waals surface area contributed by atoms with Crippen molar-refractivity contribution in [3.05, 3.63) is 0 Å². The third-order valence-electron chi connectivity index (χ3n) is 3.85. The number of nitrogens with two attached hydrogens (primary N) is 1. The number of likely N-dealkylation sites (tertiary alicyclic amines) is 1. The summed E-state index contributed by atoms with van der Waals surface area (Å²) in [5.74, 6) is 6.46. The van der Waals surface area contributed by atoms with Crippen LogP contribution in [0, 0.1) is 11.8 Å². The van der Waals surface area contributed by atoms with Crippen molar-refractivity contribution in [2.24, 2.45) is 17.7 Å². The topological polar surface area (TPSA) is 58.4 Å². The number of piperidine rings is 1. The Labute approximate surface area is 98.5 Å². The summed E-state index contributed by atoms with van der Waals surface area (Å²) in [5, 5.41) is 0. The molecule has 1 fully saturated rings. The van der Waals surface area contributed by atoms with Gasteiger partial charge in [0.1, 0.15) is 0 Å².